The molecule has 0 saturated carbocycles. The van der Waals surface area contributed by atoms with Crippen LogP contribution in [-0.2, 0) is 19.0 Å². The van der Waals surface area contributed by atoms with Crippen molar-refractivity contribution in [2.45, 2.75) is 33.4 Å². The molecular formula is C7H13O4. The maximum absolute atomic E-state index is 9.69. The summed E-state index contributed by atoms with van der Waals surface area (Å²) in [5.74, 6) is 0. The van der Waals surface area contributed by atoms with Crippen molar-refractivity contribution in [2.75, 3.05) is 6.61 Å². The van der Waals surface area contributed by atoms with E-state index in [4.69, 9.17) is 9.47 Å². The first kappa shape index (κ1) is 10.4. The summed E-state index contributed by atoms with van der Waals surface area (Å²) in [6.07, 6.45) is -0.961. The van der Waals surface area contributed by atoms with E-state index in [0.29, 0.717) is 6.61 Å². The van der Waals surface area contributed by atoms with E-state index in [1.54, 1.807) is 13.8 Å². The van der Waals surface area contributed by atoms with Gasteiger partial charge in [0.2, 0.25) is 6.29 Å². The number of hydrogen-bond donors (Lipinski definition) is 0. The topological polar surface area (TPSA) is 44.8 Å². The lowest BCUT2D eigenvalue weighted by atomic mass is 10.7. The third-order valence-electron chi connectivity index (χ3n) is 0.999. The normalized spacial score (nSPS) is 15.5. The second kappa shape index (κ2) is 6.12. The van der Waals surface area contributed by atoms with Crippen LogP contribution in [0, 0.1) is 0 Å². The highest BCUT2D eigenvalue weighted by Gasteiger charge is 2.07. The van der Waals surface area contributed by atoms with Crippen molar-refractivity contribution < 1.29 is 19.0 Å². The van der Waals surface area contributed by atoms with Gasteiger partial charge in [0.1, 0.15) is 0 Å². The molecule has 4 heteroatoms. The number of ether oxygens (including phenoxy) is 3. The Labute approximate surface area is 66.4 Å². The van der Waals surface area contributed by atoms with Crippen LogP contribution >= 0.6 is 0 Å². The molecule has 0 aliphatic carbocycles. The maximum atomic E-state index is 9.69. The minimum atomic E-state index is -0.603. The van der Waals surface area contributed by atoms with E-state index in [1.165, 1.54) is 6.47 Å². The largest absolute Gasteiger partial charge is 0.428 e. The Balaban J connectivity index is 3.39. The molecule has 0 rings (SSSR count). The molecule has 65 valence electrons. The molecule has 11 heavy (non-hydrogen) atoms. The van der Waals surface area contributed by atoms with Crippen molar-refractivity contribution >= 4 is 6.47 Å². The summed E-state index contributed by atoms with van der Waals surface area (Å²) in [7, 11) is 0. The summed E-state index contributed by atoms with van der Waals surface area (Å²) >= 11 is 0. The first-order valence-electron chi connectivity index (χ1n) is 3.50. The molecule has 4 nitrogen and oxygen atoms in total. The van der Waals surface area contributed by atoms with E-state index in [9.17, 15) is 4.79 Å². The number of hydrogen-bond acceptors (Lipinski definition) is 4. The standard InChI is InChI=1S/C7H13O4/c1-4-9-6(2)11-7(3)10-5-8/h6-7H,4H2,1-3H3. The zero-order valence-electron chi connectivity index (χ0n) is 6.99. The van der Waals surface area contributed by atoms with Gasteiger partial charge in [0, 0.05) is 6.61 Å². The molecule has 0 N–H and O–H groups in total. The smallest absolute Gasteiger partial charge is 0.419 e. The monoisotopic (exact) mass is 161 g/mol. The Bertz CT molecular complexity index is 105. The summed E-state index contributed by atoms with van der Waals surface area (Å²) in [5.41, 5.74) is 0. The molecule has 0 amide bonds. The van der Waals surface area contributed by atoms with Crippen LogP contribution in [0.1, 0.15) is 20.8 Å². The quantitative estimate of drug-likeness (QED) is 0.541. The highest BCUT2D eigenvalue weighted by atomic mass is 16.8. The molecule has 0 bridgehead atoms. The number of rotatable bonds is 6. The van der Waals surface area contributed by atoms with Crippen LogP contribution < -0.4 is 0 Å². The Morgan fingerprint density at radius 2 is 2.00 bits per heavy atom. The van der Waals surface area contributed by atoms with E-state index >= 15 is 0 Å². The molecule has 0 saturated heterocycles. The van der Waals surface area contributed by atoms with Crippen molar-refractivity contribution in [2.24, 2.45) is 0 Å². The summed E-state index contributed by atoms with van der Waals surface area (Å²) in [6, 6.07) is 0. The lowest BCUT2D eigenvalue weighted by Gasteiger charge is -2.16. The van der Waals surface area contributed by atoms with Gasteiger partial charge in [0.25, 0.3) is 0 Å². The van der Waals surface area contributed by atoms with Gasteiger partial charge >= 0.3 is 6.47 Å². The van der Waals surface area contributed by atoms with Gasteiger partial charge in [-0.2, -0.15) is 0 Å². The molecule has 0 fully saturated rings. The molecule has 0 aromatic carbocycles. The summed E-state index contributed by atoms with van der Waals surface area (Å²) in [5, 5.41) is 0. The average Bonchev–Trinajstić information content (AvgIpc) is 1.87. The fourth-order valence-corrected chi connectivity index (χ4v) is 0.639. The van der Waals surface area contributed by atoms with Gasteiger partial charge in [-0.25, -0.2) is 4.79 Å². The van der Waals surface area contributed by atoms with Gasteiger partial charge in [-0.1, -0.05) is 0 Å². The van der Waals surface area contributed by atoms with Crippen molar-refractivity contribution in [3.8, 4) is 0 Å². The molecule has 1 radical (unpaired) electrons. The van der Waals surface area contributed by atoms with Gasteiger partial charge in [0.05, 0.1) is 0 Å². The summed E-state index contributed by atoms with van der Waals surface area (Å²) in [6.45, 7) is 7.04. The lowest BCUT2D eigenvalue weighted by Crippen LogP contribution is -2.21. The minimum absolute atomic E-state index is 0.358. The second-order valence-corrected chi connectivity index (χ2v) is 1.93. The van der Waals surface area contributed by atoms with Gasteiger partial charge in [0.15, 0.2) is 6.29 Å². The maximum Gasteiger partial charge on any atom is 0.419 e. The van der Waals surface area contributed by atoms with E-state index in [0.717, 1.165) is 0 Å². The Kier molecular flexibility index (Phi) is 5.78. The first-order chi connectivity index (χ1) is 5.20. The molecular weight excluding hydrogens is 148 g/mol. The van der Waals surface area contributed by atoms with Gasteiger partial charge in [-0.3, -0.25) is 0 Å². The highest BCUT2D eigenvalue weighted by Crippen LogP contribution is 1.99. The second-order valence-electron chi connectivity index (χ2n) is 1.93. The molecule has 0 spiro atoms. The van der Waals surface area contributed by atoms with E-state index in [2.05, 4.69) is 4.74 Å². The SMILES string of the molecule is CCOC(C)OC(C)O[C]=O. The van der Waals surface area contributed by atoms with Gasteiger partial charge in [-0.05, 0) is 20.8 Å². The van der Waals surface area contributed by atoms with Crippen molar-refractivity contribution in [3.05, 3.63) is 0 Å². The predicted molar refractivity (Wildman–Crippen MR) is 38.4 cm³/mol. The lowest BCUT2D eigenvalue weighted by molar-refractivity contribution is -0.206. The van der Waals surface area contributed by atoms with Crippen LogP contribution in [-0.4, -0.2) is 25.7 Å². The van der Waals surface area contributed by atoms with Crippen molar-refractivity contribution in [1.29, 1.82) is 0 Å². The molecule has 2 atom stereocenters. The van der Waals surface area contributed by atoms with Gasteiger partial charge in [-0.15, -0.1) is 0 Å². The van der Waals surface area contributed by atoms with Crippen LogP contribution in [0.2, 0.25) is 0 Å². The Morgan fingerprint density at radius 3 is 2.45 bits per heavy atom. The molecule has 0 aromatic rings. The van der Waals surface area contributed by atoms with E-state index < -0.39 is 6.29 Å². The Morgan fingerprint density at radius 1 is 1.36 bits per heavy atom. The molecule has 0 aliphatic rings. The van der Waals surface area contributed by atoms with E-state index in [-0.39, 0.29) is 6.29 Å². The fourth-order valence-electron chi connectivity index (χ4n) is 0.639. The van der Waals surface area contributed by atoms with Crippen LogP contribution in [0.4, 0.5) is 0 Å². The highest BCUT2D eigenvalue weighted by molar-refractivity contribution is 5.38. The summed E-state index contributed by atoms with van der Waals surface area (Å²) < 4.78 is 14.4. The Hall–Kier alpha value is -0.610. The zero-order valence-corrected chi connectivity index (χ0v) is 6.99. The van der Waals surface area contributed by atoms with Crippen LogP contribution in [0.3, 0.4) is 0 Å². The summed E-state index contributed by atoms with van der Waals surface area (Å²) in [4.78, 5) is 9.69. The third kappa shape index (κ3) is 5.82. The third-order valence-corrected chi connectivity index (χ3v) is 0.999. The van der Waals surface area contributed by atoms with Crippen LogP contribution in [0.25, 0.3) is 0 Å². The van der Waals surface area contributed by atoms with Crippen LogP contribution in [0.15, 0.2) is 0 Å². The van der Waals surface area contributed by atoms with E-state index in [1.807, 2.05) is 6.92 Å². The first-order valence-corrected chi connectivity index (χ1v) is 3.50. The number of carbonyl (C=O) groups excluding carboxylic acids is 1. The zero-order chi connectivity index (χ0) is 8.69. The van der Waals surface area contributed by atoms with Crippen LogP contribution in [0.5, 0.6) is 0 Å². The molecule has 0 heterocycles. The average molecular weight is 161 g/mol. The fraction of sp³-hybridized carbons (Fsp3) is 0.857. The van der Waals surface area contributed by atoms with Crippen molar-refractivity contribution in [3.63, 3.8) is 0 Å². The molecule has 0 aliphatic heterocycles. The molecule has 2 unspecified atom stereocenters. The van der Waals surface area contributed by atoms with Gasteiger partial charge < -0.3 is 14.2 Å². The minimum Gasteiger partial charge on any atom is -0.428 e. The molecule has 0 aromatic heterocycles. The predicted octanol–water partition coefficient (Wildman–Crippen LogP) is 0.815. The van der Waals surface area contributed by atoms with Crippen molar-refractivity contribution in [1.82, 2.24) is 0 Å².